The molecule has 1 saturated heterocycles. The minimum absolute atomic E-state index is 0.156. The van der Waals surface area contributed by atoms with Crippen LogP contribution in [0.2, 0.25) is 0 Å². The van der Waals surface area contributed by atoms with Crippen LogP contribution < -0.4 is 0 Å². The highest BCUT2D eigenvalue weighted by Crippen LogP contribution is 2.26. The Morgan fingerprint density at radius 2 is 1.96 bits per heavy atom. The van der Waals surface area contributed by atoms with E-state index in [-0.39, 0.29) is 5.78 Å². The van der Waals surface area contributed by atoms with Gasteiger partial charge in [0.2, 0.25) is 5.78 Å². The first-order valence-corrected chi connectivity index (χ1v) is 8.37. The molecule has 1 aromatic heterocycles. The SMILES string of the molecule is CC(C)(C)OC(=O)N1CCCC[C@H]1C(=O)c1cc2ccccc2o1. The highest BCUT2D eigenvalue weighted by atomic mass is 16.6. The Bertz CT molecular complexity index is 723. The number of ether oxygens (including phenoxy) is 1. The Morgan fingerprint density at radius 1 is 1.21 bits per heavy atom. The summed E-state index contributed by atoms with van der Waals surface area (Å²) in [6.07, 6.45) is 1.99. The van der Waals surface area contributed by atoms with Crippen molar-refractivity contribution in [1.82, 2.24) is 4.90 Å². The van der Waals surface area contributed by atoms with Crippen molar-refractivity contribution in [3.05, 3.63) is 36.1 Å². The molecule has 1 aliphatic rings. The first-order valence-electron chi connectivity index (χ1n) is 8.37. The number of fused-ring (bicyclic) bond motifs is 1. The van der Waals surface area contributed by atoms with Crippen molar-refractivity contribution in [2.75, 3.05) is 6.54 Å². The maximum absolute atomic E-state index is 12.9. The van der Waals surface area contributed by atoms with E-state index in [0.717, 1.165) is 18.2 Å². The number of likely N-dealkylation sites (tertiary alicyclic amines) is 1. The lowest BCUT2D eigenvalue weighted by Crippen LogP contribution is -2.49. The van der Waals surface area contributed by atoms with E-state index < -0.39 is 17.7 Å². The van der Waals surface area contributed by atoms with Gasteiger partial charge in [0, 0.05) is 11.9 Å². The molecule has 0 N–H and O–H groups in total. The molecule has 24 heavy (non-hydrogen) atoms. The van der Waals surface area contributed by atoms with E-state index in [4.69, 9.17) is 9.15 Å². The van der Waals surface area contributed by atoms with E-state index in [9.17, 15) is 9.59 Å². The van der Waals surface area contributed by atoms with E-state index in [1.807, 2.05) is 45.0 Å². The van der Waals surface area contributed by atoms with Gasteiger partial charge in [-0.3, -0.25) is 9.69 Å². The van der Waals surface area contributed by atoms with Gasteiger partial charge in [-0.25, -0.2) is 4.79 Å². The Kier molecular flexibility index (Phi) is 4.35. The lowest BCUT2D eigenvalue weighted by Gasteiger charge is -2.35. The molecule has 1 aromatic carbocycles. The van der Waals surface area contributed by atoms with E-state index in [1.54, 1.807) is 11.0 Å². The Labute approximate surface area is 141 Å². The van der Waals surface area contributed by atoms with Gasteiger partial charge in [0.15, 0.2) is 5.76 Å². The van der Waals surface area contributed by atoms with Crippen LogP contribution in [0.1, 0.15) is 50.6 Å². The van der Waals surface area contributed by atoms with Gasteiger partial charge in [-0.2, -0.15) is 0 Å². The van der Waals surface area contributed by atoms with Crippen LogP contribution in [-0.4, -0.2) is 35.0 Å². The Balaban J connectivity index is 1.84. The molecule has 3 rings (SSSR count). The van der Waals surface area contributed by atoms with E-state index >= 15 is 0 Å². The molecule has 0 spiro atoms. The van der Waals surface area contributed by atoms with Gasteiger partial charge in [0.1, 0.15) is 17.2 Å². The first kappa shape index (κ1) is 16.6. The van der Waals surface area contributed by atoms with Gasteiger partial charge in [-0.1, -0.05) is 18.2 Å². The second-order valence-corrected chi connectivity index (χ2v) is 7.20. The largest absolute Gasteiger partial charge is 0.453 e. The minimum atomic E-state index is -0.582. The molecule has 0 aliphatic carbocycles. The fourth-order valence-electron chi connectivity index (χ4n) is 3.01. The van der Waals surface area contributed by atoms with Crippen molar-refractivity contribution in [2.45, 2.75) is 51.7 Å². The molecule has 0 bridgehead atoms. The number of carbonyl (C=O) groups is 2. The summed E-state index contributed by atoms with van der Waals surface area (Å²) >= 11 is 0. The van der Waals surface area contributed by atoms with Crippen molar-refractivity contribution >= 4 is 22.8 Å². The summed E-state index contributed by atoms with van der Waals surface area (Å²) < 4.78 is 11.1. The van der Waals surface area contributed by atoms with Crippen LogP contribution in [0.25, 0.3) is 11.0 Å². The van der Waals surface area contributed by atoms with Crippen LogP contribution in [0.3, 0.4) is 0 Å². The number of Topliss-reactive ketones (excluding diaryl/α,β-unsaturated/α-hetero) is 1. The predicted molar refractivity (Wildman–Crippen MR) is 91.1 cm³/mol. The molecule has 2 heterocycles. The maximum Gasteiger partial charge on any atom is 0.410 e. The third kappa shape index (κ3) is 3.45. The summed E-state index contributed by atoms with van der Waals surface area (Å²) in [7, 11) is 0. The molecule has 1 fully saturated rings. The Morgan fingerprint density at radius 3 is 2.67 bits per heavy atom. The molecule has 1 atom stereocenters. The summed E-state index contributed by atoms with van der Waals surface area (Å²) in [6, 6.07) is 8.74. The molecule has 0 unspecified atom stereocenters. The summed E-state index contributed by atoms with van der Waals surface area (Å²) in [4.78, 5) is 26.9. The number of rotatable bonds is 2. The van der Waals surface area contributed by atoms with Gasteiger partial charge >= 0.3 is 6.09 Å². The number of benzene rings is 1. The Hall–Kier alpha value is -2.30. The zero-order chi connectivity index (χ0) is 17.3. The van der Waals surface area contributed by atoms with Crippen molar-refractivity contribution in [2.24, 2.45) is 0 Å². The number of amides is 1. The summed E-state index contributed by atoms with van der Waals surface area (Å²) in [6.45, 7) is 6.01. The first-order chi connectivity index (χ1) is 11.3. The number of ketones is 1. The predicted octanol–water partition coefficient (Wildman–Crippen LogP) is 4.41. The number of nitrogens with zero attached hydrogens (tertiary/aromatic N) is 1. The molecule has 1 aliphatic heterocycles. The van der Waals surface area contributed by atoms with Crippen molar-refractivity contribution in [3.63, 3.8) is 0 Å². The highest BCUT2D eigenvalue weighted by Gasteiger charge is 2.36. The van der Waals surface area contributed by atoms with Crippen molar-refractivity contribution in [1.29, 1.82) is 0 Å². The lowest BCUT2D eigenvalue weighted by atomic mass is 9.97. The number of carbonyl (C=O) groups excluding carboxylic acids is 2. The average molecular weight is 329 g/mol. The van der Waals surface area contributed by atoms with Crippen LogP contribution in [0, 0.1) is 0 Å². The number of furan rings is 1. The maximum atomic E-state index is 12.9. The number of hydrogen-bond acceptors (Lipinski definition) is 4. The molecule has 128 valence electrons. The number of hydrogen-bond donors (Lipinski definition) is 0. The second kappa shape index (κ2) is 6.30. The summed E-state index contributed by atoms with van der Waals surface area (Å²) in [5.74, 6) is 0.147. The zero-order valence-corrected chi connectivity index (χ0v) is 14.4. The van der Waals surface area contributed by atoms with Crippen LogP contribution in [0.4, 0.5) is 4.79 Å². The monoisotopic (exact) mass is 329 g/mol. The zero-order valence-electron chi connectivity index (χ0n) is 14.4. The van der Waals surface area contributed by atoms with Crippen LogP contribution in [0.15, 0.2) is 34.7 Å². The molecule has 0 saturated carbocycles. The van der Waals surface area contributed by atoms with Gasteiger partial charge in [0.25, 0.3) is 0 Å². The molecule has 5 nitrogen and oxygen atoms in total. The third-order valence-corrected chi connectivity index (χ3v) is 4.10. The number of para-hydroxylation sites is 1. The molecule has 2 aromatic rings. The fraction of sp³-hybridized carbons (Fsp3) is 0.474. The normalized spacial score (nSPS) is 18.6. The fourth-order valence-corrected chi connectivity index (χ4v) is 3.01. The highest BCUT2D eigenvalue weighted by molar-refractivity contribution is 6.02. The molecular formula is C19H23NO4. The van der Waals surface area contributed by atoms with Crippen molar-refractivity contribution in [3.8, 4) is 0 Å². The lowest BCUT2D eigenvalue weighted by molar-refractivity contribution is 0.0101. The topological polar surface area (TPSA) is 59.8 Å². The van der Waals surface area contributed by atoms with E-state index in [1.165, 1.54) is 0 Å². The second-order valence-electron chi connectivity index (χ2n) is 7.20. The van der Waals surface area contributed by atoms with Crippen LogP contribution in [-0.2, 0) is 4.74 Å². The number of piperidine rings is 1. The third-order valence-electron chi connectivity index (χ3n) is 4.10. The van der Waals surface area contributed by atoms with Gasteiger partial charge in [-0.15, -0.1) is 0 Å². The van der Waals surface area contributed by atoms with Gasteiger partial charge in [0.05, 0.1) is 0 Å². The van der Waals surface area contributed by atoms with Crippen LogP contribution >= 0.6 is 0 Å². The standard InChI is InChI=1S/C19H23NO4/c1-19(2,3)24-18(22)20-11-7-6-9-14(20)17(21)16-12-13-8-4-5-10-15(13)23-16/h4-5,8,10,12,14H,6-7,9,11H2,1-3H3/t14-/m0/s1. The van der Waals surface area contributed by atoms with Gasteiger partial charge in [-0.05, 0) is 52.2 Å². The smallest absolute Gasteiger partial charge is 0.410 e. The van der Waals surface area contributed by atoms with Crippen molar-refractivity contribution < 1.29 is 18.7 Å². The average Bonchev–Trinajstić information content (AvgIpc) is 2.96. The summed E-state index contributed by atoms with van der Waals surface area (Å²) in [5, 5.41) is 0.889. The van der Waals surface area contributed by atoms with E-state index in [0.29, 0.717) is 24.3 Å². The quantitative estimate of drug-likeness (QED) is 0.766. The molecule has 1 amide bonds. The molecule has 5 heteroatoms. The molecule has 0 radical (unpaired) electrons. The van der Waals surface area contributed by atoms with Gasteiger partial charge < -0.3 is 9.15 Å². The minimum Gasteiger partial charge on any atom is -0.453 e. The summed E-state index contributed by atoms with van der Waals surface area (Å²) in [5.41, 5.74) is 0.0991. The van der Waals surface area contributed by atoms with Crippen LogP contribution in [0.5, 0.6) is 0 Å². The van der Waals surface area contributed by atoms with E-state index in [2.05, 4.69) is 0 Å². The molecular weight excluding hydrogens is 306 g/mol.